The number of esters is 1. The lowest BCUT2D eigenvalue weighted by molar-refractivity contribution is 0.0598. The summed E-state index contributed by atoms with van der Waals surface area (Å²) in [6.45, 7) is 0. The van der Waals surface area contributed by atoms with Gasteiger partial charge >= 0.3 is 16.1 Å². The largest absolute Gasteiger partial charge is 0.507 e. The molecule has 0 aliphatic heterocycles. The summed E-state index contributed by atoms with van der Waals surface area (Å²) >= 11 is 11.7. The normalized spacial score (nSPS) is 11.0. The van der Waals surface area contributed by atoms with Crippen molar-refractivity contribution in [2.45, 2.75) is 4.90 Å². The van der Waals surface area contributed by atoms with Gasteiger partial charge in [0.25, 0.3) is 5.91 Å². The van der Waals surface area contributed by atoms with Crippen molar-refractivity contribution in [3.05, 3.63) is 81.8 Å². The third kappa shape index (κ3) is 5.13. The van der Waals surface area contributed by atoms with Crippen LogP contribution in [-0.4, -0.2) is 32.5 Å². The zero-order valence-electron chi connectivity index (χ0n) is 16.3. The highest BCUT2D eigenvalue weighted by molar-refractivity contribution is 7.87. The van der Waals surface area contributed by atoms with E-state index in [1.165, 1.54) is 54.6 Å². The molecule has 3 aromatic carbocycles. The molecule has 11 heteroatoms. The molecule has 166 valence electrons. The van der Waals surface area contributed by atoms with E-state index in [0.717, 1.165) is 13.2 Å². The summed E-state index contributed by atoms with van der Waals surface area (Å²) in [5, 5.41) is 12.7. The first-order valence-corrected chi connectivity index (χ1v) is 11.0. The fraction of sp³-hybridized carbons (Fsp3) is 0.0476. The second-order valence-corrected chi connectivity index (χ2v) is 8.67. The van der Waals surface area contributed by atoms with Crippen molar-refractivity contribution in [3.63, 3.8) is 0 Å². The van der Waals surface area contributed by atoms with Crippen LogP contribution in [0.5, 0.6) is 11.5 Å². The molecule has 0 unspecified atom stereocenters. The van der Waals surface area contributed by atoms with E-state index in [-0.39, 0.29) is 38.4 Å². The van der Waals surface area contributed by atoms with Gasteiger partial charge in [-0.05, 0) is 42.5 Å². The summed E-state index contributed by atoms with van der Waals surface area (Å²) in [6.07, 6.45) is 0. The van der Waals surface area contributed by atoms with Crippen LogP contribution in [0.4, 0.5) is 5.69 Å². The lowest BCUT2D eigenvalue weighted by atomic mass is 10.2. The van der Waals surface area contributed by atoms with Gasteiger partial charge in [0.05, 0.1) is 18.4 Å². The van der Waals surface area contributed by atoms with Gasteiger partial charge < -0.3 is 19.3 Å². The number of aromatic hydroxyl groups is 1. The van der Waals surface area contributed by atoms with E-state index >= 15 is 0 Å². The van der Waals surface area contributed by atoms with E-state index in [4.69, 9.17) is 27.4 Å². The van der Waals surface area contributed by atoms with Crippen LogP contribution in [0.2, 0.25) is 10.0 Å². The minimum Gasteiger partial charge on any atom is -0.507 e. The number of carbonyl (C=O) groups excluding carboxylic acids is 2. The smallest absolute Gasteiger partial charge is 0.341 e. The van der Waals surface area contributed by atoms with Gasteiger partial charge in [0.2, 0.25) is 0 Å². The van der Waals surface area contributed by atoms with Crippen LogP contribution < -0.4 is 9.50 Å². The molecule has 0 spiro atoms. The number of halogens is 2. The van der Waals surface area contributed by atoms with Crippen LogP contribution in [-0.2, 0) is 14.9 Å². The van der Waals surface area contributed by atoms with Crippen molar-refractivity contribution in [3.8, 4) is 11.5 Å². The Hall–Kier alpha value is -3.27. The Labute approximate surface area is 193 Å². The number of methoxy groups -OCH3 is 1. The number of ether oxygens (including phenoxy) is 1. The molecular formula is C21H15Cl2NO7S. The van der Waals surface area contributed by atoms with Gasteiger partial charge in [-0.2, -0.15) is 8.42 Å². The first-order chi connectivity index (χ1) is 15.1. The van der Waals surface area contributed by atoms with E-state index in [9.17, 15) is 23.1 Å². The number of rotatable bonds is 6. The molecule has 8 nitrogen and oxygen atoms in total. The standard InChI is InChI=1S/C21H15Cl2NO7S/c1-30-21(27)15-9-7-13(23)11-18(15)31-32(28,29)19-5-3-2-4-16(19)24-20(26)14-8-6-12(22)10-17(14)25/h2-11,25H,1H3,(H,24,26). The minimum absolute atomic E-state index is 0.117. The van der Waals surface area contributed by atoms with Gasteiger partial charge in [-0.1, -0.05) is 35.3 Å². The van der Waals surface area contributed by atoms with Crippen LogP contribution in [0.1, 0.15) is 20.7 Å². The number of benzene rings is 3. The van der Waals surface area contributed by atoms with Crippen LogP contribution in [0, 0.1) is 0 Å². The summed E-state index contributed by atoms with van der Waals surface area (Å²) in [5.41, 5.74) is -0.396. The maximum absolute atomic E-state index is 13.0. The van der Waals surface area contributed by atoms with E-state index < -0.39 is 26.9 Å². The fourth-order valence-corrected chi connectivity index (χ4v) is 4.11. The molecule has 3 rings (SSSR count). The van der Waals surface area contributed by atoms with Crippen LogP contribution in [0.15, 0.2) is 65.6 Å². The Morgan fingerprint density at radius 2 is 1.56 bits per heavy atom. The molecule has 0 atom stereocenters. The monoisotopic (exact) mass is 495 g/mol. The molecular weight excluding hydrogens is 481 g/mol. The Morgan fingerprint density at radius 3 is 2.22 bits per heavy atom. The van der Waals surface area contributed by atoms with Gasteiger partial charge in [0.15, 0.2) is 5.75 Å². The lowest BCUT2D eigenvalue weighted by Crippen LogP contribution is -2.18. The number of hydrogen-bond acceptors (Lipinski definition) is 7. The molecule has 0 bridgehead atoms. The average Bonchev–Trinajstić information content (AvgIpc) is 2.73. The van der Waals surface area contributed by atoms with Crippen LogP contribution >= 0.6 is 23.2 Å². The summed E-state index contributed by atoms with van der Waals surface area (Å²) in [7, 11) is -3.40. The summed E-state index contributed by atoms with van der Waals surface area (Å²) < 4.78 is 35.8. The van der Waals surface area contributed by atoms with E-state index in [1.807, 2.05) is 0 Å². The number of anilines is 1. The average molecular weight is 496 g/mol. The van der Waals surface area contributed by atoms with Crippen molar-refractivity contribution in [1.82, 2.24) is 0 Å². The Morgan fingerprint density at radius 1 is 0.938 bits per heavy atom. The summed E-state index contributed by atoms with van der Waals surface area (Å²) in [6, 6.07) is 13.1. The topological polar surface area (TPSA) is 119 Å². The molecule has 0 fully saturated rings. The van der Waals surface area contributed by atoms with Crippen molar-refractivity contribution in [1.29, 1.82) is 0 Å². The van der Waals surface area contributed by atoms with Crippen molar-refractivity contribution < 1.29 is 32.0 Å². The molecule has 0 aliphatic rings. The highest BCUT2D eigenvalue weighted by Gasteiger charge is 2.25. The Bertz CT molecular complexity index is 1310. The predicted octanol–water partition coefficient (Wildman–Crippen LogP) is 4.51. The highest BCUT2D eigenvalue weighted by atomic mass is 35.5. The second kappa shape index (κ2) is 9.47. The highest BCUT2D eigenvalue weighted by Crippen LogP contribution is 2.30. The number of nitrogens with one attached hydrogen (secondary N) is 1. The molecule has 3 aromatic rings. The summed E-state index contributed by atoms with van der Waals surface area (Å²) in [4.78, 5) is 24.2. The molecule has 1 amide bonds. The fourth-order valence-electron chi connectivity index (χ4n) is 2.68. The molecule has 0 radical (unpaired) electrons. The number of phenolic OH excluding ortho intramolecular Hbond substituents is 1. The third-order valence-corrected chi connectivity index (χ3v) is 5.92. The molecule has 0 saturated heterocycles. The van der Waals surface area contributed by atoms with E-state index in [0.29, 0.717) is 0 Å². The molecule has 0 aromatic heterocycles. The van der Waals surface area contributed by atoms with Crippen molar-refractivity contribution in [2.24, 2.45) is 0 Å². The first kappa shape index (κ1) is 23.4. The number of carbonyl (C=O) groups is 2. The maximum atomic E-state index is 13.0. The minimum atomic E-state index is -4.53. The second-order valence-electron chi connectivity index (χ2n) is 6.28. The van der Waals surface area contributed by atoms with E-state index in [1.54, 1.807) is 0 Å². The molecule has 0 saturated carbocycles. The van der Waals surface area contributed by atoms with Gasteiger partial charge in [-0.15, -0.1) is 0 Å². The van der Waals surface area contributed by atoms with Gasteiger partial charge in [0.1, 0.15) is 16.2 Å². The molecule has 32 heavy (non-hydrogen) atoms. The molecule has 0 aliphatic carbocycles. The number of para-hydroxylation sites is 1. The summed E-state index contributed by atoms with van der Waals surface area (Å²) in [5.74, 6) is -2.33. The van der Waals surface area contributed by atoms with E-state index in [2.05, 4.69) is 10.1 Å². The third-order valence-electron chi connectivity index (χ3n) is 4.16. The van der Waals surface area contributed by atoms with Gasteiger partial charge in [-0.25, -0.2) is 4.79 Å². The quantitative estimate of drug-likeness (QED) is 0.381. The number of amides is 1. The zero-order chi connectivity index (χ0) is 23.5. The van der Waals surface area contributed by atoms with Crippen LogP contribution in [0.3, 0.4) is 0 Å². The van der Waals surface area contributed by atoms with Crippen LogP contribution in [0.25, 0.3) is 0 Å². The lowest BCUT2D eigenvalue weighted by Gasteiger charge is -2.14. The van der Waals surface area contributed by atoms with Gasteiger partial charge in [0, 0.05) is 16.1 Å². The molecule has 2 N–H and O–H groups in total. The van der Waals surface area contributed by atoms with Crippen molar-refractivity contribution >= 4 is 50.9 Å². The SMILES string of the molecule is COC(=O)c1ccc(Cl)cc1OS(=O)(=O)c1ccccc1NC(=O)c1ccc(Cl)cc1O. The molecule has 0 heterocycles. The maximum Gasteiger partial charge on any atom is 0.341 e. The van der Waals surface area contributed by atoms with Gasteiger partial charge in [-0.3, -0.25) is 4.79 Å². The Kier molecular flexibility index (Phi) is 6.93. The predicted molar refractivity (Wildman–Crippen MR) is 118 cm³/mol. The van der Waals surface area contributed by atoms with Crippen molar-refractivity contribution in [2.75, 3.05) is 12.4 Å². The zero-order valence-corrected chi connectivity index (χ0v) is 18.7. The Balaban J connectivity index is 1.97. The number of hydrogen-bond donors (Lipinski definition) is 2. The first-order valence-electron chi connectivity index (χ1n) is 8.83. The number of phenols is 1.